The zero-order chi connectivity index (χ0) is 17.6. The molecule has 0 aliphatic rings. The fourth-order valence-corrected chi connectivity index (χ4v) is 2.15. The number of nitrogens with zero attached hydrogens (tertiary/aromatic N) is 3. The molecule has 2 aromatic heterocycles. The van der Waals surface area contributed by atoms with E-state index in [2.05, 4.69) is 15.4 Å². The van der Waals surface area contributed by atoms with E-state index in [1.165, 1.54) is 6.26 Å². The number of nitrogens with one attached hydrogen (secondary N) is 1. The van der Waals surface area contributed by atoms with Gasteiger partial charge in [-0.05, 0) is 12.1 Å². The SMILES string of the molecule is COc1cccc(OCc2nc(C(=O)NCc3cnn(C)c3)co2)c1. The highest BCUT2D eigenvalue weighted by Crippen LogP contribution is 2.19. The Kier molecular flexibility index (Phi) is 4.98. The molecule has 8 heteroatoms. The Morgan fingerprint density at radius 2 is 2.20 bits per heavy atom. The molecule has 130 valence electrons. The van der Waals surface area contributed by atoms with Crippen LogP contribution in [0.1, 0.15) is 21.9 Å². The van der Waals surface area contributed by atoms with E-state index in [1.807, 2.05) is 25.4 Å². The van der Waals surface area contributed by atoms with Crippen LogP contribution in [0.25, 0.3) is 0 Å². The standard InChI is InChI=1S/C17H18N4O4/c1-21-9-12(8-19-21)7-18-17(22)15-10-25-16(20-15)11-24-14-5-3-4-13(6-14)23-2/h3-6,8-10H,7,11H2,1-2H3,(H,18,22). The maximum atomic E-state index is 12.1. The lowest BCUT2D eigenvalue weighted by atomic mass is 10.3. The van der Waals surface area contributed by atoms with Crippen molar-refractivity contribution in [2.75, 3.05) is 7.11 Å². The Balaban J connectivity index is 1.53. The van der Waals surface area contributed by atoms with Crippen LogP contribution in [0.5, 0.6) is 11.5 Å². The van der Waals surface area contributed by atoms with Gasteiger partial charge in [0.2, 0.25) is 5.89 Å². The monoisotopic (exact) mass is 342 g/mol. The van der Waals surface area contributed by atoms with Crippen LogP contribution in [0, 0.1) is 0 Å². The van der Waals surface area contributed by atoms with Gasteiger partial charge in [0.05, 0.1) is 13.3 Å². The molecule has 3 aromatic rings. The van der Waals surface area contributed by atoms with Crippen LogP contribution >= 0.6 is 0 Å². The highest BCUT2D eigenvalue weighted by atomic mass is 16.5. The van der Waals surface area contributed by atoms with Crippen LogP contribution in [0.3, 0.4) is 0 Å². The number of carbonyl (C=O) groups excluding carboxylic acids is 1. The van der Waals surface area contributed by atoms with Crippen molar-refractivity contribution < 1.29 is 18.7 Å². The summed E-state index contributed by atoms with van der Waals surface area (Å²) in [5.41, 5.74) is 1.11. The predicted octanol–water partition coefficient (Wildman–Crippen LogP) is 1.93. The van der Waals surface area contributed by atoms with Gasteiger partial charge in [-0.15, -0.1) is 0 Å². The Morgan fingerprint density at radius 3 is 2.96 bits per heavy atom. The van der Waals surface area contributed by atoms with E-state index >= 15 is 0 Å². The molecule has 0 saturated carbocycles. The van der Waals surface area contributed by atoms with E-state index < -0.39 is 0 Å². The number of amides is 1. The second kappa shape index (κ2) is 7.52. The summed E-state index contributed by atoms with van der Waals surface area (Å²) in [6.07, 6.45) is 4.83. The summed E-state index contributed by atoms with van der Waals surface area (Å²) in [4.78, 5) is 16.2. The van der Waals surface area contributed by atoms with Gasteiger partial charge in [-0.3, -0.25) is 9.48 Å². The van der Waals surface area contributed by atoms with Crippen LogP contribution in [-0.2, 0) is 20.2 Å². The van der Waals surface area contributed by atoms with Gasteiger partial charge in [0.25, 0.3) is 5.91 Å². The molecule has 0 saturated heterocycles. The van der Waals surface area contributed by atoms with E-state index in [9.17, 15) is 4.79 Å². The van der Waals surface area contributed by atoms with E-state index in [-0.39, 0.29) is 18.2 Å². The number of benzene rings is 1. The first-order valence-electron chi connectivity index (χ1n) is 7.61. The molecule has 2 heterocycles. The summed E-state index contributed by atoms with van der Waals surface area (Å²) in [5.74, 6) is 1.31. The zero-order valence-electron chi connectivity index (χ0n) is 13.9. The third-order valence-electron chi connectivity index (χ3n) is 3.40. The van der Waals surface area contributed by atoms with Crippen molar-refractivity contribution in [3.05, 3.63) is 60.1 Å². The number of carbonyl (C=O) groups is 1. The maximum Gasteiger partial charge on any atom is 0.273 e. The highest BCUT2D eigenvalue weighted by molar-refractivity contribution is 5.91. The summed E-state index contributed by atoms with van der Waals surface area (Å²) in [7, 11) is 3.40. The third-order valence-corrected chi connectivity index (χ3v) is 3.40. The molecule has 1 N–H and O–H groups in total. The Labute approximate surface area is 144 Å². The van der Waals surface area contributed by atoms with Crippen molar-refractivity contribution in [1.29, 1.82) is 0 Å². The highest BCUT2D eigenvalue weighted by Gasteiger charge is 2.13. The summed E-state index contributed by atoms with van der Waals surface area (Å²) < 4.78 is 17.7. The maximum absolute atomic E-state index is 12.1. The molecular weight excluding hydrogens is 324 g/mol. The fraction of sp³-hybridized carbons (Fsp3) is 0.235. The Morgan fingerprint density at radius 1 is 1.36 bits per heavy atom. The predicted molar refractivity (Wildman–Crippen MR) is 88.2 cm³/mol. The molecule has 0 radical (unpaired) electrons. The van der Waals surface area contributed by atoms with Gasteiger partial charge in [-0.2, -0.15) is 5.10 Å². The van der Waals surface area contributed by atoms with Crippen LogP contribution in [0.15, 0.2) is 47.3 Å². The van der Waals surface area contributed by atoms with Crippen molar-refractivity contribution in [2.24, 2.45) is 7.05 Å². The molecule has 0 unspecified atom stereocenters. The number of aryl methyl sites for hydroxylation is 1. The number of hydrogen-bond donors (Lipinski definition) is 1. The lowest BCUT2D eigenvalue weighted by Crippen LogP contribution is -2.23. The van der Waals surface area contributed by atoms with Crippen LogP contribution in [-0.4, -0.2) is 27.8 Å². The molecule has 8 nitrogen and oxygen atoms in total. The number of ether oxygens (including phenoxy) is 2. The molecule has 0 spiro atoms. The van der Waals surface area contributed by atoms with Gasteiger partial charge in [0.1, 0.15) is 17.8 Å². The lowest BCUT2D eigenvalue weighted by Gasteiger charge is -2.05. The molecule has 0 aliphatic carbocycles. The molecule has 0 fully saturated rings. The minimum atomic E-state index is -0.319. The second-order valence-corrected chi connectivity index (χ2v) is 5.30. The molecule has 3 rings (SSSR count). The third kappa shape index (κ3) is 4.37. The number of rotatable bonds is 7. The molecule has 1 amide bonds. The van der Waals surface area contributed by atoms with Crippen molar-refractivity contribution in [3.63, 3.8) is 0 Å². The van der Waals surface area contributed by atoms with Gasteiger partial charge < -0.3 is 19.2 Å². The number of methoxy groups -OCH3 is 1. The van der Waals surface area contributed by atoms with E-state index in [0.717, 1.165) is 5.56 Å². The van der Waals surface area contributed by atoms with Crippen LogP contribution < -0.4 is 14.8 Å². The summed E-state index contributed by atoms with van der Waals surface area (Å²) in [6, 6.07) is 7.20. The average Bonchev–Trinajstić information content (AvgIpc) is 3.27. The lowest BCUT2D eigenvalue weighted by molar-refractivity contribution is 0.0946. The van der Waals surface area contributed by atoms with Gasteiger partial charge in [0, 0.05) is 31.4 Å². The first-order valence-corrected chi connectivity index (χ1v) is 7.61. The fourth-order valence-electron chi connectivity index (χ4n) is 2.15. The van der Waals surface area contributed by atoms with Gasteiger partial charge in [0.15, 0.2) is 12.3 Å². The van der Waals surface area contributed by atoms with Gasteiger partial charge in [-0.1, -0.05) is 6.07 Å². The number of hydrogen-bond acceptors (Lipinski definition) is 6. The summed E-state index contributed by atoms with van der Waals surface area (Å²) in [5, 5.41) is 6.80. The normalized spacial score (nSPS) is 10.5. The van der Waals surface area contributed by atoms with Gasteiger partial charge >= 0.3 is 0 Å². The molecule has 25 heavy (non-hydrogen) atoms. The molecule has 0 atom stereocenters. The Bertz CT molecular complexity index is 856. The van der Waals surface area contributed by atoms with Crippen LogP contribution in [0.2, 0.25) is 0 Å². The molecular formula is C17H18N4O4. The quantitative estimate of drug-likeness (QED) is 0.705. The second-order valence-electron chi connectivity index (χ2n) is 5.30. The first-order chi connectivity index (χ1) is 12.1. The van der Waals surface area contributed by atoms with Crippen molar-refractivity contribution in [1.82, 2.24) is 20.1 Å². The topological polar surface area (TPSA) is 91.4 Å². The largest absolute Gasteiger partial charge is 0.497 e. The number of oxazole rings is 1. The molecule has 0 aliphatic heterocycles. The minimum Gasteiger partial charge on any atom is -0.497 e. The van der Waals surface area contributed by atoms with Crippen molar-refractivity contribution >= 4 is 5.91 Å². The van der Waals surface area contributed by atoms with Gasteiger partial charge in [-0.25, -0.2) is 4.98 Å². The first kappa shape index (κ1) is 16.6. The van der Waals surface area contributed by atoms with Crippen molar-refractivity contribution in [2.45, 2.75) is 13.2 Å². The zero-order valence-corrected chi connectivity index (χ0v) is 13.9. The smallest absolute Gasteiger partial charge is 0.273 e. The minimum absolute atomic E-state index is 0.114. The average molecular weight is 342 g/mol. The molecule has 0 bridgehead atoms. The Hall–Kier alpha value is -3.29. The molecule has 1 aromatic carbocycles. The van der Waals surface area contributed by atoms with E-state index in [0.29, 0.717) is 23.9 Å². The number of aromatic nitrogens is 3. The summed E-state index contributed by atoms with van der Waals surface area (Å²) in [6.45, 7) is 0.484. The van der Waals surface area contributed by atoms with E-state index in [4.69, 9.17) is 13.9 Å². The summed E-state index contributed by atoms with van der Waals surface area (Å²) >= 11 is 0. The van der Waals surface area contributed by atoms with Crippen molar-refractivity contribution in [3.8, 4) is 11.5 Å². The van der Waals surface area contributed by atoms with E-state index in [1.54, 1.807) is 30.1 Å². The van der Waals surface area contributed by atoms with Crippen LogP contribution in [0.4, 0.5) is 0 Å².